The number of nitrogens with zero attached hydrogens (tertiary/aromatic N) is 2. The zero-order valence-corrected chi connectivity index (χ0v) is 18.0. The van der Waals surface area contributed by atoms with Gasteiger partial charge in [-0.05, 0) is 30.3 Å². The molecule has 2 aromatic carbocycles. The third kappa shape index (κ3) is 4.01. The summed E-state index contributed by atoms with van der Waals surface area (Å²) in [5, 5.41) is 0. The van der Waals surface area contributed by atoms with Crippen molar-refractivity contribution in [1.82, 2.24) is 0 Å². The van der Waals surface area contributed by atoms with Crippen LogP contribution in [0.1, 0.15) is 23.7 Å². The van der Waals surface area contributed by atoms with Gasteiger partial charge >= 0.3 is 6.61 Å². The molecule has 0 amide bonds. The number of benzene rings is 2. The maximum absolute atomic E-state index is 12.8. The standard InChI is InChI=1S/C22H22F2N2O4S/c1-14-25(3)19-9-15(20(27)11-22(2)12-31(28,29)13-22)7-8-18(19)26(14)16-5-4-6-17(10-16)30-21(23)24/h4-10,21H,1,11-13H2,2-3H3. The van der Waals surface area contributed by atoms with E-state index in [1.807, 2.05) is 11.8 Å². The molecule has 1 fully saturated rings. The second kappa shape index (κ2) is 7.33. The lowest BCUT2D eigenvalue weighted by atomic mass is 9.86. The van der Waals surface area contributed by atoms with Gasteiger partial charge in [-0.3, -0.25) is 9.69 Å². The van der Waals surface area contributed by atoms with Crippen LogP contribution in [-0.4, -0.2) is 39.4 Å². The van der Waals surface area contributed by atoms with E-state index in [0.29, 0.717) is 17.1 Å². The van der Waals surface area contributed by atoms with Gasteiger partial charge < -0.3 is 9.64 Å². The van der Waals surface area contributed by atoms with Crippen molar-refractivity contribution in [3.05, 3.63) is 60.4 Å². The van der Waals surface area contributed by atoms with Crippen LogP contribution >= 0.6 is 0 Å². The zero-order valence-electron chi connectivity index (χ0n) is 17.1. The number of halogens is 2. The van der Waals surface area contributed by atoms with E-state index in [9.17, 15) is 22.0 Å². The van der Waals surface area contributed by atoms with Gasteiger partial charge in [0.15, 0.2) is 15.6 Å². The predicted octanol–water partition coefficient (Wildman–Crippen LogP) is 4.35. The fraction of sp³-hybridized carbons (Fsp3) is 0.318. The number of alkyl halides is 2. The summed E-state index contributed by atoms with van der Waals surface area (Å²) in [7, 11) is -1.23. The average molecular weight is 448 g/mol. The van der Waals surface area contributed by atoms with Crippen LogP contribution in [0.25, 0.3) is 0 Å². The van der Waals surface area contributed by atoms with Gasteiger partial charge in [0.2, 0.25) is 0 Å². The highest BCUT2D eigenvalue weighted by Crippen LogP contribution is 2.46. The van der Waals surface area contributed by atoms with E-state index < -0.39 is 21.9 Å². The Morgan fingerprint density at radius 1 is 1.19 bits per heavy atom. The quantitative estimate of drug-likeness (QED) is 0.612. The minimum atomic E-state index is -3.03. The molecule has 0 aromatic heterocycles. The Morgan fingerprint density at radius 3 is 2.55 bits per heavy atom. The number of anilines is 3. The highest BCUT2D eigenvalue weighted by atomic mass is 32.2. The summed E-state index contributed by atoms with van der Waals surface area (Å²) in [6.45, 7) is 2.97. The van der Waals surface area contributed by atoms with Gasteiger partial charge in [0.1, 0.15) is 11.6 Å². The minimum Gasteiger partial charge on any atom is -0.435 e. The molecule has 2 heterocycles. The lowest BCUT2D eigenvalue weighted by Crippen LogP contribution is -2.47. The van der Waals surface area contributed by atoms with Gasteiger partial charge in [-0.15, -0.1) is 0 Å². The molecule has 0 spiro atoms. The van der Waals surface area contributed by atoms with E-state index in [1.54, 1.807) is 42.3 Å². The van der Waals surface area contributed by atoms with E-state index in [2.05, 4.69) is 11.3 Å². The molecule has 1 saturated heterocycles. The van der Waals surface area contributed by atoms with Crippen LogP contribution in [0.15, 0.2) is 54.9 Å². The summed E-state index contributed by atoms with van der Waals surface area (Å²) in [6.07, 6.45) is 0.159. The second-order valence-corrected chi connectivity index (χ2v) is 10.4. The molecule has 0 aliphatic carbocycles. The molecule has 9 heteroatoms. The molecule has 0 atom stereocenters. The van der Waals surface area contributed by atoms with Crippen molar-refractivity contribution in [1.29, 1.82) is 0 Å². The third-order valence-electron chi connectivity index (χ3n) is 5.57. The molecule has 4 rings (SSSR count). The summed E-state index contributed by atoms with van der Waals surface area (Å²) in [4.78, 5) is 16.4. The first-order valence-electron chi connectivity index (χ1n) is 9.63. The van der Waals surface area contributed by atoms with Crippen LogP contribution in [0.2, 0.25) is 0 Å². The number of sulfone groups is 1. The molecule has 0 radical (unpaired) electrons. The Bertz CT molecular complexity index is 1170. The number of carbonyl (C=O) groups excluding carboxylic acids is 1. The third-order valence-corrected chi connectivity index (χ3v) is 7.84. The number of fused-ring (bicyclic) bond motifs is 1. The molecule has 0 saturated carbocycles. The van der Waals surface area contributed by atoms with E-state index in [-0.39, 0.29) is 29.5 Å². The van der Waals surface area contributed by atoms with Gasteiger partial charge in [0, 0.05) is 30.5 Å². The summed E-state index contributed by atoms with van der Waals surface area (Å²) in [6, 6.07) is 11.5. The number of carbonyl (C=O) groups is 1. The maximum Gasteiger partial charge on any atom is 0.387 e. The molecule has 0 unspecified atom stereocenters. The van der Waals surface area contributed by atoms with Crippen molar-refractivity contribution in [2.24, 2.45) is 5.41 Å². The van der Waals surface area contributed by atoms with Crippen LogP contribution in [0, 0.1) is 5.41 Å². The number of Topliss-reactive ketones (excluding diaryl/α,β-unsaturated/α-hetero) is 1. The SMILES string of the molecule is C=C1N(C)c2cc(C(=O)CC3(C)CS(=O)(=O)C3)ccc2N1c1cccc(OC(F)F)c1. The minimum absolute atomic E-state index is 0.0260. The Kier molecular flexibility index (Phi) is 5.04. The van der Waals surface area contributed by atoms with Crippen LogP contribution in [0.4, 0.5) is 25.8 Å². The first-order chi connectivity index (χ1) is 14.5. The number of ketones is 1. The number of hydrogen-bond acceptors (Lipinski definition) is 6. The van der Waals surface area contributed by atoms with Gasteiger partial charge in [-0.2, -0.15) is 8.78 Å². The molecular formula is C22H22F2N2O4S. The summed E-state index contributed by atoms with van der Waals surface area (Å²) >= 11 is 0. The van der Waals surface area contributed by atoms with E-state index in [4.69, 9.17) is 0 Å². The fourth-order valence-corrected chi connectivity index (χ4v) is 6.52. The molecule has 0 bridgehead atoms. The van der Waals surface area contributed by atoms with Crippen LogP contribution in [0.5, 0.6) is 5.75 Å². The summed E-state index contributed by atoms with van der Waals surface area (Å²) in [5.41, 5.74) is 2.04. The van der Waals surface area contributed by atoms with Gasteiger partial charge in [0.25, 0.3) is 0 Å². The molecule has 6 nitrogen and oxygen atoms in total. The van der Waals surface area contributed by atoms with E-state index in [0.717, 1.165) is 11.4 Å². The van der Waals surface area contributed by atoms with Crippen LogP contribution in [0.3, 0.4) is 0 Å². The fourth-order valence-electron chi connectivity index (χ4n) is 4.28. The Labute approximate surface area is 179 Å². The first-order valence-corrected chi connectivity index (χ1v) is 11.5. The number of rotatable bonds is 6. The summed E-state index contributed by atoms with van der Waals surface area (Å²) < 4.78 is 52.7. The molecule has 2 aliphatic heterocycles. The Balaban J connectivity index is 1.61. The predicted molar refractivity (Wildman–Crippen MR) is 115 cm³/mol. The first kappa shape index (κ1) is 21.3. The van der Waals surface area contributed by atoms with E-state index in [1.165, 1.54) is 12.1 Å². The van der Waals surface area contributed by atoms with Crippen molar-refractivity contribution in [3.63, 3.8) is 0 Å². The maximum atomic E-state index is 12.8. The summed E-state index contributed by atoms with van der Waals surface area (Å²) in [5.74, 6) is 0.555. The number of hydrogen-bond donors (Lipinski definition) is 0. The lowest BCUT2D eigenvalue weighted by Gasteiger charge is -2.37. The van der Waals surface area contributed by atoms with Gasteiger partial charge in [0.05, 0.1) is 28.6 Å². The topological polar surface area (TPSA) is 66.9 Å². The highest BCUT2D eigenvalue weighted by Gasteiger charge is 2.45. The normalized spacial score (nSPS) is 18.7. The van der Waals surface area contributed by atoms with Gasteiger partial charge in [-0.25, -0.2) is 8.42 Å². The van der Waals surface area contributed by atoms with Crippen molar-refractivity contribution in [2.45, 2.75) is 20.0 Å². The molecule has 0 N–H and O–H groups in total. The zero-order chi connectivity index (χ0) is 22.6. The van der Waals surface area contributed by atoms with Gasteiger partial charge in [-0.1, -0.05) is 19.6 Å². The van der Waals surface area contributed by atoms with Crippen LogP contribution < -0.4 is 14.5 Å². The monoisotopic (exact) mass is 448 g/mol. The molecule has 31 heavy (non-hydrogen) atoms. The smallest absolute Gasteiger partial charge is 0.387 e. The lowest BCUT2D eigenvalue weighted by molar-refractivity contribution is -0.0498. The van der Waals surface area contributed by atoms with Crippen molar-refractivity contribution in [2.75, 3.05) is 28.4 Å². The molecular weight excluding hydrogens is 426 g/mol. The second-order valence-electron chi connectivity index (χ2n) is 8.33. The van der Waals surface area contributed by atoms with Crippen LogP contribution in [-0.2, 0) is 9.84 Å². The highest BCUT2D eigenvalue weighted by molar-refractivity contribution is 7.92. The molecule has 164 valence electrons. The molecule has 2 aromatic rings. The van der Waals surface area contributed by atoms with E-state index >= 15 is 0 Å². The van der Waals surface area contributed by atoms with Crippen molar-refractivity contribution < 1.29 is 26.7 Å². The Morgan fingerprint density at radius 2 is 1.90 bits per heavy atom. The van der Waals surface area contributed by atoms with Crippen molar-refractivity contribution >= 4 is 32.7 Å². The Hall–Kier alpha value is -2.94. The number of ether oxygens (including phenoxy) is 1. The molecule has 2 aliphatic rings. The van der Waals surface area contributed by atoms with Crippen molar-refractivity contribution in [3.8, 4) is 5.75 Å². The average Bonchev–Trinajstić information content (AvgIpc) is 2.89. The largest absolute Gasteiger partial charge is 0.435 e.